The number of carbonyl (C=O) groups excluding carboxylic acids is 2. The molecule has 5 nitrogen and oxygen atoms in total. The van der Waals surface area contributed by atoms with E-state index < -0.39 is 18.3 Å². The van der Waals surface area contributed by atoms with Crippen molar-refractivity contribution >= 4 is 11.9 Å². The molecule has 1 saturated heterocycles. The van der Waals surface area contributed by atoms with Crippen molar-refractivity contribution in [2.24, 2.45) is 0 Å². The first-order chi connectivity index (χ1) is 11.2. The summed E-state index contributed by atoms with van der Waals surface area (Å²) in [6.07, 6.45) is -1.32. The third-order valence-electron chi connectivity index (χ3n) is 3.77. The molecule has 2 aromatic carbocycles. The van der Waals surface area contributed by atoms with E-state index in [1.165, 1.54) is 12.0 Å². The molecule has 0 spiro atoms. The Labute approximate surface area is 134 Å². The molecule has 0 radical (unpaired) electrons. The molecule has 2 atom stereocenters. The first-order valence-electron chi connectivity index (χ1n) is 7.33. The molecule has 0 unspecified atom stereocenters. The Morgan fingerprint density at radius 3 is 2.17 bits per heavy atom. The van der Waals surface area contributed by atoms with Crippen molar-refractivity contribution in [2.45, 2.75) is 12.3 Å². The molecule has 0 bridgehead atoms. The number of methoxy groups -OCH3 is 1. The standard InChI is InChI=1S/C18H17NO4/c1-22-15(20)12-19-17(21)16(13-8-4-2-5-9-13)23-18(19)14-10-6-3-7-11-14/h2-11,16,18H,12H2,1H3/t16-,18+/m1/s1. The van der Waals surface area contributed by atoms with E-state index in [2.05, 4.69) is 0 Å². The zero-order valence-electron chi connectivity index (χ0n) is 12.7. The van der Waals surface area contributed by atoms with E-state index in [1.807, 2.05) is 60.7 Å². The average molecular weight is 311 g/mol. The number of hydrogen-bond donors (Lipinski definition) is 0. The molecule has 118 valence electrons. The van der Waals surface area contributed by atoms with Gasteiger partial charge in [-0.2, -0.15) is 0 Å². The summed E-state index contributed by atoms with van der Waals surface area (Å²) in [4.78, 5) is 25.8. The van der Waals surface area contributed by atoms with E-state index >= 15 is 0 Å². The number of carbonyl (C=O) groups is 2. The second-order valence-electron chi connectivity index (χ2n) is 5.23. The topological polar surface area (TPSA) is 55.8 Å². The van der Waals surface area contributed by atoms with E-state index in [4.69, 9.17) is 9.47 Å². The molecule has 1 heterocycles. The van der Waals surface area contributed by atoms with Gasteiger partial charge in [0.15, 0.2) is 12.3 Å². The zero-order chi connectivity index (χ0) is 16.2. The number of nitrogens with zero attached hydrogens (tertiary/aromatic N) is 1. The van der Waals surface area contributed by atoms with Gasteiger partial charge in [-0.25, -0.2) is 0 Å². The van der Waals surface area contributed by atoms with E-state index in [1.54, 1.807) is 0 Å². The Kier molecular flexibility index (Phi) is 4.39. The first-order valence-corrected chi connectivity index (χ1v) is 7.33. The molecule has 0 aliphatic carbocycles. The van der Waals surface area contributed by atoms with Gasteiger partial charge in [0, 0.05) is 5.56 Å². The summed E-state index contributed by atoms with van der Waals surface area (Å²) in [6, 6.07) is 18.6. The molecule has 1 aliphatic heterocycles. The maximum atomic E-state index is 12.7. The SMILES string of the molecule is COC(=O)CN1C(=O)[C@@H](c2ccccc2)O[C@H]1c1ccccc1. The highest BCUT2D eigenvalue weighted by molar-refractivity contribution is 5.87. The van der Waals surface area contributed by atoms with Crippen molar-refractivity contribution in [2.75, 3.05) is 13.7 Å². The maximum absolute atomic E-state index is 12.7. The highest BCUT2D eigenvalue weighted by Gasteiger charge is 2.42. The van der Waals surface area contributed by atoms with Crippen LogP contribution in [0.2, 0.25) is 0 Å². The van der Waals surface area contributed by atoms with Crippen LogP contribution < -0.4 is 0 Å². The number of amides is 1. The molecule has 1 amide bonds. The lowest BCUT2D eigenvalue weighted by atomic mass is 10.1. The van der Waals surface area contributed by atoms with Gasteiger partial charge in [0.2, 0.25) is 0 Å². The molecular formula is C18H17NO4. The van der Waals surface area contributed by atoms with Crippen molar-refractivity contribution in [1.29, 1.82) is 0 Å². The average Bonchev–Trinajstić information content (AvgIpc) is 2.93. The lowest BCUT2D eigenvalue weighted by Crippen LogP contribution is -2.34. The number of esters is 1. The number of hydrogen-bond acceptors (Lipinski definition) is 4. The smallest absolute Gasteiger partial charge is 0.325 e. The Morgan fingerprint density at radius 2 is 1.61 bits per heavy atom. The maximum Gasteiger partial charge on any atom is 0.325 e. The molecular weight excluding hydrogens is 294 g/mol. The molecule has 1 fully saturated rings. The van der Waals surface area contributed by atoms with Gasteiger partial charge in [0.1, 0.15) is 6.54 Å². The fourth-order valence-electron chi connectivity index (χ4n) is 2.62. The van der Waals surface area contributed by atoms with E-state index in [9.17, 15) is 9.59 Å². The van der Waals surface area contributed by atoms with Gasteiger partial charge >= 0.3 is 5.97 Å². The summed E-state index contributed by atoms with van der Waals surface area (Å²) in [5.74, 6) is -0.716. The van der Waals surface area contributed by atoms with Crippen LogP contribution in [0.1, 0.15) is 23.5 Å². The second-order valence-corrected chi connectivity index (χ2v) is 5.23. The van der Waals surface area contributed by atoms with Crippen LogP contribution in [0.15, 0.2) is 60.7 Å². The van der Waals surface area contributed by atoms with Crippen LogP contribution >= 0.6 is 0 Å². The van der Waals surface area contributed by atoms with E-state index in [0.29, 0.717) is 0 Å². The predicted octanol–water partition coefficient (Wildman–Crippen LogP) is 2.46. The van der Waals surface area contributed by atoms with E-state index in [0.717, 1.165) is 11.1 Å². The summed E-state index contributed by atoms with van der Waals surface area (Å²) >= 11 is 0. The van der Waals surface area contributed by atoms with Gasteiger partial charge in [0.05, 0.1) is 7.11 Å². The van der Waals surface area contributed by atoms with Gasteiger partial charge in [-0.05, 0) is 5.56 Å². The normalized spacial score (nSPS) is 20.6. The molecule has 23 heavy (non-hydrogen) atoms. The van der Waals surface area contributed by atoms with Crippen molar-refractivity contribution in [3.05, 3.63) is 71.8 Å². The van der Waals surface area contributed by atoms with Crippen molar-refractivity contribution in [1.82, 2.24) is 4.90 Å². The van der Waals surface area contributed by atoms with Crippen molar-refractivity contribution in [3.63, 3.8) is 0 Å². The first kappa shape index (κ1) is 15.2. The van der Waals surface area contributed by atoms with Crippen LogP contribution in [-0.4, -0.2) is 30.4 Å². The lowest BCUT2D eigenvalue weighted by Gasteiger charge is -2.21. The predicted molar refractivity (Wildman–Crippen MR) is 83.2 cm³/mol. The van der Waals surface area contributed by atoms with Crippen LogP contribution in [0.4, 0.5) is 0 Å². The van der Waals surface area contributed by atoms with Gasteiger partial charge in [0.25, 0.3) is 5.91 Å². The van der Waals surface area contributed by atoms with Gasteiger partial charge < -0.3 is 9.47 Å². The Hall–Kier alpha value is -2.66. The lowest BCUT2D eigenvalue weighted by molar-refractivity contribution is -0.147. The highest BCUT2D eigenvalue weighted by atomic mass is 16.5. The van der Waals surface area contributed by atoms with Gasteiger partial charge in [-0.15, -0.1) is 0 Å². The fourth-order valence-corrected chi connectivity index (χ4v) is 2.62. The summed E-state index contributed by atoms with van der Waals surface area (Å²) < 4.78 is 10.7. The van der Waals surface area contributed by atoms with Crippen LogP contribution in [0, 0.1) is 0 Å². The third kappa shape index (κ3) is 3.10. The minimum Gasteiger partial charge on any atom is -0.468 e. The van der Waals surface area contributed by atoms with Crippen LogP contribution in [0.25, 0.3) is 0 Å². The largest absolute Gasteiger partial charge is 0.468 e. The van der Waals surface area contributed by atoms with Crippen LogP contribution in [0.3, 0.4) is 0 Å². The Bertz CT molecular complexity index is 687. The van der Waals surface area contributed by atoms with E-state index in [-0.39, 0.29) is 12.5 Å². The summed E-state index contributed by atoms with van der Waals surface area (Å²) in [7, 11) is 1.30. The Balaban J connectivity index is 1.93. The number of rotatable bonds is 4. The monoisotopic (exact) mass is 311 g/mol. The second kappa shape index (κ2) is 6.62. The quantitative estimate of drug-likeness (QED) is 0.814. The summed E-state index contributed by atoms with van der Waals surface area (Å²) in [6.45, 7) is -0.141. The molecule has 3 rings (SSSR count). The molecule has 0 aromatic heterocycles. The van der Waals surface area contributed by atoms with Crippen molar-refractivity contribution < 1.29 is 19.1 Å². The molecule has 0 saturated carbocycles. The third-order valence-corrected chi connectivity index (χ3v) is 3.77. The highest BCUT2D eigenvalue weighted by Crippen LogP contribution is 2.38. The van der Waals surface area contributed by atoms with Crippen LogP contribution in [-0.2, 0) is 19.1 Å². The van der Waals surface area contributed by atoms with Crippen molar-refractivity contribution in [3.8, 4) is 0 Å². The molecule has 5 heteroatoms. The summed E-state index contributed by atoms with van der Waals surface area (Å²) in [5, 5.41) is 0. The molecule has 2 aromatic rings. The van der Waals surface area contributed by atoms with Gasteiger partial charge in [-0.1, -0.05) is 60.7 Å². The Morgan fingerprint density at radius 1 is 1.04 bits per heavy atom. The minimum atomic E-state index is -0.717. The number of benzene rings is 2. The summed E-state index contributed by atoms with van der Waals surface area (Å²) in [5.41, 5.74) is 1.59. The van der Waals surface area contributed by atoms with Gasteiger partial charge in [-0.3, -0.25) is 14.5 Å². The molecule has 0 N–H and O–H groups in total. The van der Waals surface area contributed by atoms with Crippen LogP contribution in [0.5, 0.6) is 0 Å². The fraction of sp³-hybridized carbons (Fsp3) is 0.222. The molecule has 1 aliphatic rings. The zero-order valence-corrected chi connectivity index (χ0v) is 12.7. The minimum absolute atomic E-state index is 0.141. The number of ether oxygens (including phenoxy) is 2.